The molecule has 2 heterocycles. The smallest absolute Gasteiger partial charge is 0.330 e. The number of benzene rings is 2. The van der Waals surface area contributed by atoms with Crippen molar-refractivity contribution in [2.45, 2.75) is 44.2 Å². The molecule has 0 radical (unpaired) electrons. The number of aromatic amines is 1. The molecule has 3 aromatic rings. The van der Waals surface area contributed by atoms with Gasteiger partial charge in [0.25, 0.3) is 5.56 Å². The monoisotopic (exact) mass is 490 g/mol. The lowest BCUT2D eigenvalue weighted by atomic mass is 9.96. The number of esters is 1. The van der Waals surface area contributed by atoms with Crippen molar-refractivity contribution in [2.24, 2.45) is 0 Å². The Hall–Kier alpha value is -3.97. The number of terminal acetylenes is 1. The largest absolute Gasteiger partial charge is 0.455 e. The molecule has 9 heteroatoms. The van der Waals surface area contributed by atoms with Crippen LogP contribution >= 0.6 is 0 Å². The first kappa shape index (κ1) is 25.1. The summed E-state index contributed by atoms with van der Waals surface area (Å²) in [4.78, 5) is 38.5. The van der Waals surface area contributed by atoms with Crippen LogP contribution in [0.4, 0.5) is 0 Å². The Morgan fingerprint density at radius 3 is 2.28 bits per heavy atom. The summed E-state index contributed by atoms with van der Waals surface area (Å²) in [5.74, 6) is 2.02. The van der Waals surface area contributed by atoms with Crippen molar-refractivity contribution in [2.75, 3.05) is 6.61 Å². The lowest BCUT2D eigenvalue weighted by Gasteiger charge is -2.30. The van der Waals surface area contributed by atoms with Gasteiger partial charge in [0.15, 0.2) is 17.9 Å². The molecule has 0 aliphatic carbocycles. The van der Waals surface area contributed by atoms with Crippen LogP contribution in [0.15, 0.2) is 82.5 Å². The number of nitrogens with one attached hydrogen (secondary N) is 1. The van der Waals surface area contributed by atoms with Crippen LogP contribution in [0.2, 0.25) is 0 Å². The molecule has 1 saturated heterocycles. The minimum absolute atomic E-state index is 0.107. The number of carbonyl (C=O) groups is 1. The van der Waals surface area contributed by atoms with Gasteiger partial charge < -0.3 is 18.9 Å². The van der Waals surface area contributed by atoms with Crippen molar-refractivity contribution >= 4 is 5.97 Å². The van der Waals surface area contributed by atoms with E-state index in [1.54, 1.807) is 0 Å². The second kappa shape index (κ2) is 11.2. The molecule has 186 valence electrons. The highest BCUT2D eigenvalue weighted by atomic mass is 16.6. The Morgan fingerprint density at radius 1 is 1.06 bits per heavy atom. The van der Waals surface area contributed by atoms with Crippen molar-refractivity contribution < 1.29 is 23.7 Å². The maximum absolute atomic E-state index is 12.6. The number of carbonyl (C=O) groups excluding carboxylic acids is 1. The standard InChI is InChI=1S/C27H26N2O7/c1-3-27(18-33-16-20-10-6-4-7-11-20)24(34-17-21-12-8-5-9-13-21)23(35-19(2)30)25(36-27)29-15-14-22(31)28-26(29)32/h1,4-15,23-25H,16-18H2,2H3,(H,28,31,32)/t23-,24+,25?,27?/m1/s1. The average molecular weight is 491 g/mol. The van der Waals surface area contributed by atoms with Gasteiger partial charge in [0, 0.05) is 19.2 Å². The topological polar surface area (TPSA) is 109 Å². The number of aromatic nitrogens is 2. The van der Waals surface area contributed by atoms with Crippen molar-refractivity contribution in [3.63, 3.8) is 0 Å². The molecule has 1 N–H and O–H groups in total. The summed E-state index contributed by atoms with van der Waals surface area (Å²) in [6.07, 6.45) is 3.97. The van der Waals surface area contributed by atoms with E-state index >= 15 is 0 Å². The maximum atomic E-state index is 12.6. The van der Waals surface area contributed by atoms with Crippen molar-refractivity contribution in [1.29, 1.82) is 0 Å². The molecule has 1 aromatic heterocycles. The molecule has 1 fully saturated rings. The molecule has 9 nitrogen and oxygen atoms in total. The third kappa shape index (κ3) is 5.63. The molecule has 0 bridgehead atoms. The number of hydrogen-bond donors (Lipinski definition) is 1. The molecule has 1 aliphatic rings. The Bertz CT molecular complexity index is 1330. The van der Waals surface area contributed by atoms with E-state index in [-0.39, 0.29) is 19.8 Å². The second-order valence-electron chi connectivity index (χ2n) is 8.33. The van der Waals surface area contributed by atoms with E-state index in [4.69, 9.17) is 25.4 Å². The first-order valence-corrected chi connectivity index (χ1v) is 11.3. The van der Waals surface area contributed by atoms with E-state index in [2.05, 4.69) is 10.9 Å². The fourth-order valence-corrected chi connectivity index (χ4v) is 4.08. The van der Waals surface area contributed by atoms with Gasteiger partial charge in [-0.25, -0.2) is 4.79 Å². The Labute approximate surface area is 207 Å². The van der Waals surface area contributed by atoms with Gasteiger partial charge in [-0.05, 0) is 11.1 Å². The summed E-state index contributed by atoms with van der Waals surface area (Å²) in [7, 11) is 0. The van der Waals surface area contributed by atoms with Crippen LogP contribution in [0, 0.1) is 12.3 Å². The third-order valence-electron chi connectivity index (χ3n) is 5.74. The minimum atomic E-state index is -1.51. The predicted octanol–water partition coefficient (Wildman–Crippen LogP) is 2.17. The van der Waals surface area contributed by atoms with Gasteiger partial charge in [0.2, 0.25) is 0 Å². The first-order chi connectivity index (χ1) is 17.4. The molecule has 2 unspecified atom stereocenters. The summed E-state index contributed by atoms with van der Waals surface area (Å²) in [5, 5.41) is 0. The molecular formula is C27H26N2O7. The lowest BCUT2D eigenvalue weighted by molar-refractivity contribution is -0.158. The quantitative estimate of drug-likeness (QED) is 0.362. The fourth-order valence-electron chi connectivity index (χ4n) is 4.08. The zero-order chi connectivity index (χ0) is 25.5. The van der Waals surface area contributed by atoms with Gasteiger partial charge in [-0.1, -0.05) is 66.6 Å². The Kier molecular flexibility index (Phi) is 7.80. The van der Waals surface area contributed by atoms with Crippen molar-refractivity contribution in [3.05, 3.63) is 105 Å². The van der Waals surface area contributed by atoms with Crippen molar-refractivity contribution in [1.82, 2.24) is 9.55 Å². The second-order valence-corrected chi connectivity index (χ2v) is 8.33. The SMILES string of the molecule is C#CC1(COCc2ccccc2)OC(n2ccc(=O)[nH]c2=O)[C@H](OC(C)=O)[C@@H]1OCc1ccccc1. The van der Waals surface area contributed by atoms with Crippen LogP contribution in [0.25, 0.3) is 0 Å². The number of nitrogens with zero attached hydrogens (tertiary/aromatic N) is 1. The lowest BCUT2D eigenvalue weighted by Crippen LogP contribution is -2.48. The molecular weight excluding hydrogens is 464 g/mol. The fraction of sp³-hybridized carbons (Fsp3) is 0.296. The molecule has 4 atom stereocenters. The molecule has 0 spiro atoms. The first-order valence-electron chi connectivity index (χ1n) is 11.3. The number of hydrogen-bond acceptors (Lipinski definition) is 7. The zero-order valence-corrected chi connectivity index (χ0v) is 19.7. The molecule has 0 saturated carbocycles. The van der Waals surface area contributed by atoms with Crippen LogP contribution in [0.1, 0.15) is 24.3 Å². The summed E-state index contributed by atoms with van der Waals surface area (Å²) >= 11 is 0. The van der Waals surface area contributed by atoms with E-state index in [0.717, 1.165) is 21.8 Å². The number of H-pyrrole nitrogens is 1. The average Bonchev–Trinajstić information content (AvgIpc) is 3.16. The molecule has 2 aromatic carbocycles. The van der Waals surface area contributed by atoms with Crippen LogP contribution in [0.5, 0.6) is 0 Å². The summed E-state index contributed by atoms with van der Waals surface area (Å²) in [5.41, 5.74) is -1.05. The Balaban J connectivity index is 1.68. The van der Waals surface area contributed by atoms with Gasteiger partial charge in [0.1, 0.15) is 6.10 Å². The highest BCUT2D eigenvalue weighted by Gasteiger charge is 2.58. The van der Waals surface area contributed by atoms with Crippen LogP contribution < -0.4 is 11.2 Å². The molecule has 4 rings (SSSR count). The summed E-state index contributed by atoms with van der Waals surface area (Å²) in [6.45, 7) is 1.52. The summed E-state index contributed by atoms with van der Waals surface area (Å²) in [6, 6.07) is 20.0. The third-order valence-corrected chi connectivity index (χ3v) is 5.74. The normalized spacial score (nSPS) is 23.2. The van der Waals surface area contributed by atoms with E-state index in [0.29, 0.717) is 0 Å². The zero-order valence-electron chi connectivity index (χ0n) is 19.7. The van der Waals surface area contributed by atoms with E-state index in [1.165, 1.54) is 13.1 Å². The predicted molar refractivity (Wildman–Crippen MR) is 130 cm³/mol. The van der Waals surface area contributed by atoms with Crippen LogP contribution in [0.3, 0.4) is 0 Å². The Morgan fingerprint density at radius 2 is 1.69 bits per heavy atom. The minimum Gasteiger partial charge on any atom is -0.455 e. The summed E-state index contributed by atoms with van der Waals surface area (Å²) < 4.78 is 25.1. The van der Waals surface area contributed by atoms with Crippen molar-refractivity contribution in [3.8, 4) is 12.3 Å². The maximum Gasteiger partial charge on any atom is 0.330 e. The van der Waals surface area contributed by atoms with Gasteiger partial charge in [-0.2, -0.15) is 0 Å². The van der Waals surface area contributed by atoms with Crippen LogP contribution in [-0.2, 0) is 37.0 Å². The highest BCUT2D eigenvalue weighted by molar-refractivity contribution is 5.66. The molecule has 0 amide bonds. The van der Waals surface area contributed by atoms with Crippen LogP contribution in [-0.4, -0.2) is 39.9 Å². The van der Waals surface area contributed by atoms with E-state index < -0.39 is 41.3 Å². The molecule has 1 aliphatic heterocycles. The van der Waals surface area contributed by atoms with Gasteiger partial charge in [-0.15, -0.1) is 6.42 Å². The van der Waals surface area contributed by atoms with E-state index in [1.807, 2.05) is 60.7 Å². The number of ether oxygens (including phenoxy) is 4. The van der Waals surface area contributed by atoms with Gasteiger partial charge in [0.05, 0.1) is 19.8 Å². The highest BCUT2D eigenvalue weighted by Crippen LogP contribution is 2.41. The van der Waals surface area contributed by atoms with Gasteiger partial charge in [-0.3, -0.25) is 19.1 Å². The number of rotatable bonds is 9. The van der Waals surface area contributed by atoms with E-state index in [9.17, 15) is 14.4 Å². The molecule has 36 heavy (non-hydrogen) atoms. The van der Waals surface area contributed by atoms with Gasteiger partial charge >= 0.3 is 11.7 Å².